The van der Waals surface area contributed by atoms with Gasteiger partial charge in [-0.3, -0.25) is 4.89 Å². The largest absolute Gasteiger partial charge is 0.368 e. The number of rotatable bonds is 3. The molecule has 0 heterocycles. The van der Waals surface area contributed by atoms with Crippen LogP contribution in [0.4, 0.5) is 0 Å². The van der Waals surface area contributed by atoms with E-state index in [0.717, 1.165) is 0 Å². The van der Waals surface area contributed by atoms with Gasteiger partial charge in [0.15, 0.2) is 0 Å². The van der Waals surface area contributed by atoms with E-state index in [0.29, 0.717) is 0 Å². The van der Waals surface area contributed by atoms with Gasteiger partial charge in [0.25, 0.3) is 0 Å². The molecular formula is C5H6O6. The molecular weight excluding hydrogens is 156 g/mol. The van der Waals surface area contributed by atoms with Crippen LogP contribution in [0.5, 0.6) is 0 Å². The van der Waals surface area contributed by atoms with Gasteiger partial charge in [0.2, 0.25) is 0 Å². The summed E-state index contributed by atoms with van der Waals surface area (Å²) in [6.45, 7) is 3.07. The standard InChI is InChI=1S/C5H6O6/c1-3(5(7)11-9)2-4(6)10-8/h8-9H,1-2H2. The lowest BCUT2D eigenvalue weighted by Gasteiger charge is -1.97. The summed E-state index contributed by atoms with van der Waals surface area (Å²) >= 11 is 0. The quantitative estimate of drug-likeness (QED) is 0.343. The summed E-state index contributed by atoms with van der Waals surface area (Å²) in [6, 6.07) is 0. The van der Waals surface area contributed by atoms with E-state index in [4.69, 9.17) is 10.5 Å². The second kappa shape index (κ2) is 4.42. The zero-order valence-electron chi connectivity index (χ0n) is 5.44. The van der Waals surface area contributed by atoms with Crippen LogP contribution < -0.4 is 0 Å². The van der Waals surface area contributed by atoms with Crippen LogP contribution in [0.3, 0.4) is 0 Å². The molecule has 0 aromatic rings. The number of carbonyl (C=O) groups is 2. The molecule has 0 amide bonds. The topological polar surface area (TPSA) is 93.1 Å². The molecule has 0 aliphatic carbocycles. The number of hydrogen-bond donors (Lipinski definition) is 2. The predicted octanol–water partition coefficient (Wildman–Crippen LogP) is -0.0349. The summed E-state index contributed by atoms with van der Waals surface area (Å²) in [6.07, 6.45) is -0.532. The van der Waals surface area contributed by atoms with E-state index in [1.165, 1.54) is 0 Å². The van der Waals surface area contributed by atoms with Gasteiger partial charge in [0.05, 0.1) is 6.42 Å². The van der Waals surface area contributed by atoms with Crippen molar-refractivity contribution in [3.63, 3.8) is 0 Å². The van der Waals surface area contributed by atoms with Crippen LogP contribution in [0.15, 0.2) is 12.2 Å². The van der Waals surface area contributed by atoms with Crippen molar-refractivity contribution >= 4 is 11.9 Å². The van der Waals surface area contributed by atoms with E-state index in [-0.39, 0.29) is 5.57 Å². The van der Waals surface area contributed by atoms with Crippen molar-refractivity contribution in [2.24, 2.45) is 0 Å². The van der Waals surface area contributed by atoms with Crippen LogP contribution in [0.2, 0.25) is 0 Å². The molecule has 11 heavy (non-hydrogen) atoms. The number of carbonyl (C=O) groups excluding carboxylic acids is 2. The van der Waals surface area contributed by atoms with Crippen LogP contribution in [0.25, 0.3) is 0 Å². The SMILES string of the molecule is C=C(CC(=O)OO)C(=O)OO. The van der Waals surface area contributed by atoms with Crippen molar-refractivity contribution in [3.8, 4) is 0 Å². The van der Waals surface area contributed by atoms with Gasteiger partial charge in [-0.1, -0.05) is 6.58 Å². The Bertz CT molecular complexity index is 183. The molecule has 0 aromatic heterocycles. The van der Waals surface area contributed by atoms with Gasteiger partial charge in [0.1, 0.15) is 0 Å². The summed E-state index contributed by atoms with van der Waals surface area (Å²) in [4.78, 5) is 27.0. The van der Waals surface area contributed by atoms with Crippen molar-refractivity contribution in [1.82, 2.24) is 0 Å². The molecule has 0 unspecified atom stereocenters. The van der Waals surface area contributed by atoms with Crippen LogP contribution in [0.1, 0.15) is 6.42 Å². The van der Waals surface area contributed by atoms with Gasteiger partial charge in [-0.2, -0.15) is 10.5 Å². The molecule has 62 valence electrons. The first-order chi connectivity index (χ1) is 5.11. The zero-order valence-corrected chi connectivity index (χ0v) is 5.44. The Kier molecular flexibility index (Phi) is 3.86. The Morgan fingerprint density at radius 2 is 1.82 bits per heavy atom. The van der Waals surface area contributed by atoms with E-state index in [1.807, 2.05) is 0 Å². The summed E-state index contributed by atoms with van der Waals surface area (Å²) in [5, 5.41) is 15.5. The Morgan fingerprint density at radius 3 is 2.18 bits per heavy atom. The third-order valence-electron chi connectivity index (χ3n) is 0.831. The normalized spacial score (nSPS) is 8.55. The molecule has 0 saturated heterocycles. The fourth-order valence-electron chi connectivity index (χ4n) is 0.343. The van der Waals surface area contributed by atoms with Gasteiger partial charge in [-0.25, -0.2) is 9.59 Å². The minimum atomic E-state index is -1.14. The molecule has 0 aliphatic heterocycles. The Balaban J connectivity index is 3.88. The molecule has 0 fully saturated rings. The number of hydrogen-bond acceptors (Lipinski definition) is 6. The molecule has 6 heteroatoms. The Hall–Kier alpha value is -1.40. The van der Waals surface area contributed by atoms with Crippen LogP contribution >= 0.6 is 0 Å². The molecule has 0 saturated carbocycles. The fraction of sp³-hybridized carbons (Fsp3) is 0.200. The van der Waals surface area contributed by atoms with E-state index < -0.39 is 18.4 Å². The van der Waals surface area contributed by atoms with Crippen molar-refractivity contribution in [1.29, 1.82) is 0 Å². The first-order valence-electron chi connectivity index (χ1n) is 2.49. The average Bonchev–Trinajstić information content (AvgIpc) is 2.02. The molecule has 2 N–H and O–H groups in total. The molecule has 0 spiro atoms. The van der Waals surface area contributed by atoms with Crippen molar-refractivity contribution in [2.75, 3.05) is 0 Å². The maximum atomic E-state index is 10.3. The average molecular weight is 162 g/mol. The zero-order chi connectivity index (χ0) is 8.85. The molecule has 0 bridgehead atoms. The smallest absolute Gasteiger partial charge is 0.301 e. The highest BCUT2D eigenvalue weighted by molar-refractivity contribution is 5.92. The van der Waals surface area contributed by atoms with Crippen molar-refractivity contribution in [2.45, 2.75) is 6.42 Å². The van der Waals surface area contributed by atoms with E-state index in [1.54, 1.807) is 0 Å². The first-order valence-corrected chi connectivity index (χ1v) is 2.49. The predicted molar refractivity (Wildman–Crippen MR) is 31.2 cm³/mol. The second-order valence-electron chi connectivity index (χ2n) is 1.62. The van der Waals surface area contributed by atoms with Gasteiger partial charge >= 0.3 is 11.9 Å². The Morgan fingerprint density at radius 1 is 1.27 bits per heavy atom. The minimum Gasteiger partial charge on any atom is -0.301 e. The van der Waals surface area contributed by atoms with Crippen LogP contribution in [-0.2, 0) is 19.4 Å². The molecule has 0 rings (SSSR count). The minimum absolute atomic E-state index is 0.313. The Labute approximate surface area is 61.5 Å². The van der Waals surface area contributed by atoms with Gasteiger partial charge in [-0.05, 0) is 0 Å². The van der Waals surface area contributed by atoms with Crippen molar-refractivity contribution < 1.29 is 29.9 Å². The highest BCUT2D eigenvalue weighted by Crippen LogP contribution is 2.00. The van der Waals surface area contributed by atoms with Crippen LogP contribution in [-0.4, -0.2) is 22.5 Å². The van der Waals surface area contributed by atoms with E-state index >= 15 is 0 Å². The third-order valence-corrected chi connectivity index (χ3v) is 0.831. The monoisotopic (exact) mass is 162 g/mol. The van der Waals surface area contributed by atoms with Crippen LogP contribution in [0, 0.1) is 0 Å². The summed E-state index contributed by atoms with van der Waals surface area (Å²) in [7, 11) is 0. The van der Waals surface area contributed by atoms with E-state index in [9.17, 15) is 9.59 Å². The lowest BCUT2D eigenvalue weighted by Crippen LogP contribution is -2.10. The first kappa shape index (κ1) is 9.60. The fourth-order valence-corrected chi connectivity index (χ4v) is 0.343. The lowest BCUT2D eigenvalue weighted by molar-refractivity contribution is -0.236. The molecule has 0 aromatic carbocycles. The summed E-state index contributed by atoms with van der Waals surface area (Å²) in [5.74, 6) is -2.20. The molecule has 6 nitrogen and oxygen atoms in total. The molecule has 0 atom stereocenters. The summed E-state index contributed by atoms with van der Waals surface area (Å²) in [5.41, 5.74) is -0.313. The second-order valence-corrected chi connectivity index (χ2v) is 1.62. The van der Waals surface area contributed by atoms with Gasteiger partial charge in [-0.15, -0.1) is 0 Å². The molecule has 0 radical (unpaired) electrons. The van der Waals surface area contributed by atoms with Gasteiger partial charge in [0, 0.05) is 5.57 Å². The highest BCUT2D eigenvalue weighted by atomic mass is 17.1. The maximum Gasteiger partial charge on any atom is 0.368 e. The van der Waals surface area contributed by atoms with E-state index in [2.05, 4.69) is 16.4 Å². The molecule has 0 aliphatic rings. The van der Waals surface area contributed by atoms with Crippen molar-refractivity contribution in [3.05, 3.63) is 12.2 Å². The lowest BCUT2D eigenvalue weighted by atomic mass is 10.2. The summed E-state index contributed by atoms with van der Waals surface area (Å²) < 4.78 is 0. The highest BCUT2D eigenvalue weighted by Gasteiger charge is 2.13. The third kappa shape index (κ3) is 3.33. The van der Waals surface area contributed by atoms with Gasteiger partial charge < -0.3 is 4.89 Å². The maximum absolute atomic E-state index is 10.3.